The molecule has 0 heterocycles. The fraction of sp³-hybridized carbons (Fsp3) is 0.286. The largest absolute Gasteiger partial charge is 0.478 e. The van der Waals surface area contributed by atoms with E-state index in [4.69, 9.17) is 14.6 Å². The minimum Gasteiger partial charge on any atom is -0.478 e. The van der Waals surface area contributed by atoms with Crippen LogP contribution in [0.4, 0.5) is 0 Å². The van der Waals surface area contributed by atoms with Crippen molar-refractivity contribution in [2.75, 3.05) is 6.61 Å². The van der Waals surface area contributed by atoms with Gasteiger partial charge >= 0.3 is 11.9 Å². The summed E-state index contributed by atoms with van der Waals surface area (Å²) in [6.45, 7) is 7.28. The molecule has 1 N–H and O–H groups in total. The molecule has 5 heteroatoms. The quantitative estimate of drug-likeness (QED) is 0.485. The Morgan fingerprint density at radius 2 is 1.89 bits per heavy atom. The summed E-state index contributed by atoms with van der Waals surface area (Å²) in [5, 5.41) is 8.97. The van der Waals surface area contributed by atoms with Crippen LogP contribution in [-0.2, 0) is 9.47 Å². The number of carbonyl (C=O) groups is 2. The molecular formula is C14H16O5. The van der Waals surface area contributed by atoms with Crippen molar-refractivity contribution in [1.82, 2.24) is 0 Å². The Morgan fingerprint density at radius 3 is 2.42 bits per heavy atom. The maximum absolute atomic E-state index is 11.8. The zero-order chi connectivity index (χ0) is 14.4. The van der Waals surface area contributed by atoms with Crippen LogP contribution < -0.4 is 0 Å². The van der Waals surface area contributed by atoms with E-state index in [2.05, 4.69) is 6.58 Å². The summed E-state index contributed by atoms with van der Waals surface area (Å²) in [5.41, 5.74) is 0.703. The van der Waals surface area contributed by atoms with Crippen LogP contribution in [0, 0.1) is 0 Å². The van der Waals surface area contributed by atoms with Crippen LogP contribution in [0.15, 0.2) is 36.4 Å². The van der Waals surface area contributed by atoms with Gasteiger partial charge in [0, 0.05) is 0 Å². The number of aromatic carboxylic acids is 1. The summed E-state index contributed by atoms with van der Waals surface area (Å²) >= 11 is 0. The monoisotopic (exact) mass is 264 g/mol. The molecule has 0 aliphatic rings. The molecule has 102 valence electrons. The molecule has 0 amide bonds. The molecule has 0 bridgehead atoms. The number of rotatable bonds is 6. The number of carboxylic acids is 1. The number of carboxylic acid groups (broad SMARTS) is 1. The van der Waals surface area contributed by atoms with Crippen molar-refractivity contribution in [3.8, 4) is 0 Å². The zero-order valence-electron chi connectivity index (χ0n) is 10.9. The highest BCUT2D eigenvalue weighted by Crippen LogP contribution is 2.12. The lowest BCUT2D eigenvalue weighted by Gasteiger charge is -2.14. The molecule has 0 fully saturated rings. The van der Waals surface area contributed by atoms with Crippen molar-refractivity contribution in [3.63, 3.8) is 0 Å². The molecule has 0 aliphatic carbocycles. The molecule has 0 radical (unpaired) electrons. The summed E-state index contributed by atoms with van der Waals surface area (Å²) in [4.78, 5) is 22.8. The van der Waals surface area contributed by atoms with E-state index in [1.807, 2.05) is 0 Å². The molecule has 1 rings (SSSR count). The van der Waals surface area contributed by atoms with Gasteiger partial charge in [-0.1, -0.05) is 24.3 Å². The average molecular weight is 264 g/mol. The summed E-state index contributed by atoms with van der Waals surface area (Å²) in [5.74, 6) is -1.91. The molecule has 0 spiro atoms. The maximum atomic E-state index is 11.8. The molecule has 0 saturated carbocycles. The lowest BCUT2D eigenvalue weighted by Crippen LogP contribution is -2.20. The van der Waals surface area contributed by atoms with Crippen molar-refractivity contribution >= 4 is 11.9 Å². The van der Waals surface area contributed by atoms with Crippen LogP contribution in [-0.4, -0.2) is 29.9 Å². The van der Waals surface area contributed by atoms with Crippen molar-refractivity contribution < 1.29 is 24.2 Å². The van der Waals surface area contributed by atoms with Gasteiger partial charge in [0.15, 0.2) is 0 Å². The summed E-state index contributed by atoms with van der Waals surface area (Å²) in [6, 6.07) is 5.86. The van der Waals surface area contributed by atoms with Crippen molar-refractivity contribution in [1.29, 1.82) is 0 Å². The number of esters is 1. The van der Waals surface area contributed by atoms with E-state index in [9.17, 15) is 9.59 Å². The average Bonchev–Trinajstić information content (AvgIpc) is 2.36. The summed E-state index contributed by atoms with van der Waals surface area (Å²) in [7, 11) is 0. The van der Waals surface area contributed by atoms with Crippen molar-refractivity contribution in [2.24, 2.45) is 0 Å². The molecule has 0 aromatic heterocycles. The minimum atomic E-state index is -1.18. The highest BCUT2D eigenvalue weighted by atomic mass is 16.7. The first kappa shape index (κ1) is 14.9. The van der Waals surface area contributed by atoms with E-state index in [0.717, 1.165) is 5.57 Å². The number of carbonyl (C=O) groups excluding carboxylic acids is 1. The Bertz CT molecular complexity index is 492. The van der Waals surface area contributed by atoms with E-state index in [1.165, 1.54) is 12.1 Å². The molecule has 0 saturated heterocycles. The Labute approximate surface area is 111 Å². The van der Waals surface area contributed by atoms with Gasteiger partial charge < -0.3 is 14.6 Å². The number of hydrogen-bond donors (Lipinski definition) is 1. The van der Waals surface area contributed by atoms with Crippen LogP contribution in [0.1, 0.15) is 34.6 Å². The Balaban J connectivity index is 2.73. The lowest BCUT2D eigenvalue weighted by molar-refractivity contribution is -0.0911. The third-order valence-corrected chi connectivity index (χ3v) is 2.21. The van der Waals surface area contributed by atoms with Gasteiger partial charge in [0.2, 0.25) is 6.29 Å². The topological polar surface area (TPSA) is 72.8 Å². The van der Waals surface area contributed by atoms with E-state index < -0.39 is 18.2 Å². The number of ether oxygens (including phenoxy) is 2. The van der Waals surface area contributed by atoms with Gasteiger partial charge in [-0.3, -0.25) is 0 Å². The number of benzene rings is 1. The summed E-state index contributed by atoms with van der Waals surface area (Å²) < 4.78 is 10.2. The number of hydrogen-bond acceptors (Lipinski definition) is 4. The predicted octanol–water partition coefficient (Wildman–Crippen LogP) is 2.48. The molecule has 0 aliphatic heterocycles. The molecular weight excluding hydrogens is 248 g/mol. The smallest absolute Gasteiger partial charge is 0.341 e. The first-order chi connectivity index (χ1) is 8.91. The molecule has 1 atom stereocenters. The normalized spacial score (nSPS) is 11.7. The predicted molar refractivity (Wildman–Crippen MR) is 69.0 cm³/mol. The van der Waals surface area contributed by atoms with E-state index in [-0.39, 0.29) is 17.7 Å². The Morgan fingerprint density at radius 1 is 1.32 bits per heavy atom. The maximum Gasteiger partial charge on any atom is 0.341 e. The third kappa shape index (κ3) is 4.56. The van der Waals surface area contributed by atoms with E-state index in [1.54, 1.807) is 26.0 Å². The van der Waals surface area contributed by atoms with Gasteiger partial charge in [-0.2, -0.15) is 0 Å². The van der Waals surface area contributed by atoms with Gasteiger partial charge in [-0.25, -0.2) is 9.59 Å². The second kappa shape index (κ2) is 6.70. The highest BCUT2D eigenvalue weighted by Gasteiger charge is 2.19. The second-order valence-electron chi connectivity index (χ2n) is 4.09. The molecule has 1 unspecified atom stereocenters. The Hall–Kier alpha value is -2.14. The lowest BCUT2D eigenvalue weighted by atomic mass is 10.1. The fourth-order valence-electron chi connectivity index (χ4n) is 1.36. The first-order valence-corrected chi connectivity index (χ1v) is 5.71. The SMILES string of the molecule is C=C(C)COC(C)OC(=O)c1ccccc1C(=O)O. The molecule has 1 aromatic rings. The van der Waals surface area contributed by atoms with Crippen LogP contribution >= 0.6 is 0 Å². The Kier molecular flexibility index (Phi) is 5.26. The fourth-order valence-corrected chi connectivity index (χ4v) is 1.36. The van der Waals surface area contributed by atoms with Gasteiger partial charge in [0.25, 0.3) is 0 Å². The minimum absolute atomic E-state index is 0.000718. The second-order valence-corrected chi connectivity index (χ2v) is 4.09. The van der Waals surface area contributed by atoms with Crippen LogP contribution in [0.3, 0.4) is 0 Å². The van der Waals surface area contributed by atoms with Crippen molar-refractivity contribution in [3.05, 3.63) is 47.5 Å². The first-order valence-electron chi connectivity index (χ1n) is 5.71. The van der Waals surface area contributed by atoms with Crippen LogP contribution in [0.25, 0.3) is 0 Å². The van der Waals surface area contributed by atoms with Crippen molar-refractivity contribution in [2.45, 2.75) is 20.1 Å². The molecule has 5 nitrogen and oxygen atoms in total. The van der Waals surface area contributed by atoms with E-state index >= 15 is 0 Å². The van der Waals surface area contributed by atoms with Gasteiger partial charge in [-0.05, 0) is 26.0 Å². The van der Waals surface area contributed by atoms with Gasteiger partial charge in [-0.15, -0.1) is 0 Å². The van der Waals surface area contributed by atoms with Crippen LogP contribution in [0.5, 0.6) is 0 Å². The third-order valence-electron chi connectivity index (χ3n) is 2.21. The molecule has 19 heavy (non-hydrogen) atoms. The van der Waals surface area contributed by atoms with Gasteiger partial charge in [0.1, 0.15) is 0 Å². The summed E-state index contributed by atoms with van der Waals surface area (Å²) in [6.07, 6.45) is -0.772. The molecule has 1 aromatic carbocycles. The van der Waals surface area contributed by atoms with Crippen LogP contribution in [0.2, 0.25) is 0 Å². The van der Waals surface area contributed by atoms with E-state index in [0.29, 0.717) is 0 Å². The standard InChI is InChI=1S/C14H16O5/c1-9(2)8-18-10(3)19-14(17)12-7-5-4-6-11(12)13(15)16/h4-7,10H,1,8H2,2-3H3,(H,15,16). The highest BCUT2D eigenvalue weighted by molar-refractivity contribution is 6.02. The van der Waals surface area contributed by atoms with Gasteiger partial charge in [0.05, 0.1) is 17.7 Å². The zero-order valence-corrected chi connectivity index (χ0v) is 10.9.